The molecule has 2 rings (SSSR count). The second kappa shape index (κ2) is 5.77. The van der Waals surface area contributed by atoms with E-state index >= 15 is 0 Å². The number of nitrogens with zero attached hydrogens (tertiary/aromatic N) is 1. The van der Waals surface area contributed by atoms with Crippen LogP contribution in [0, 0.1) is 5.92 Å². The van der Waals surface area contributed by atoms with E-state index < -0.39 is 28.7 Å². The predicted octanol–water partition coefficient (Wildman–Crippen LogP) is 2.99. The van der Waals surface area contributed by atoms with Crippen molar-refractivity contribution in [1.82, 2.24) is 4.31 Å². The Bertz CT molecular complexity index is 634. The number of nitrogen functional groups attached to an aromatic ring is 1. The summed E-state index contributed by atoms with van der Waals surface area (Å²) in [6.45, 7) is -0.480. The second-order valence-electron chi connectivity index (χ2n) is 4.93. The van der Waals surface area contributed by atoms with Crippen LogP contribution in [0.5, 0.6) is 0 Å². The van der Waals surface area contributed by atoms with Crippen molar-refractivity contribution in [2.75, 3.05) is 18.8 Å². The Morgan fingerprint density at radius 2 is 2.00 bits per heavy atom. The molecule has 1 aromatic carbocycles. The lowest BCUT2D eigenvalue weighted by Gasteiger charge is -2.33. The zero-order valence-corrected chi connectivity index (χ0v) is 13.3. The Kier molecular flexibility index (Phi) is 4.55. The van der Waals surface area contributed by atoms with Crippen molar-refractivity contribution in [3.05, 3.63) is 22.7 Å². The summed E-state index contributed by atoms with van der Waals surface area (Å²) in [5, 5.41) is 0. The fourth-order valence-electron chi connectivity index (χ4n) is 2.32. The highest BCUT2D eigenvalue weighted by atomic mass is 79.9. The minimum absolute atomic E-state index is 0.0125. The van der Waals surface area contributed by atoms with E-state index in [1.165, 1.54) is 18.2 Å². The van der Waals surface area contributed by atoms with Crippen molar-refractivity contribution < 1.29 is 21.6 Å². The number of piperidine rings is 1. The molecular formula is C12H14BrF3N2O2S. The molecular weight excluding hydrogens is 373 g/mol. The molecule has 9 heteroatoms. The Labute approximate surface area is 129 Å². The van der Waals surface area contributed by atoms with Gasteiger partial charge < -0.3 is 5.73 Å². The summed E-state index contributed by atoms with van der Waals surface area (Å²) in [5.74, 6) is -1.63. The second-order valence-corrected chi connectivity index (χ2v) is 7.75. The highest BCUT2D eigenvalue weighted by Crippen LogP contribution is 2.35. The molecule has 1 saturated heterocycles. The average Bonchev–Trinajstić information content (AvgIpc) is 2.37. The highest BCUT2D eigenvalue weighted by molar-refractivity contribution is 9.10. The Morgan fingerprint density at radius 3 is 2.57 bits per heavy atom. The maximum atomic E-state index is 12.8. The van der Waals surface area contributed by atoms with E-state index in [9.17, 15) is 21.6 Å². The van der Waals surface area contributed by atoms with Crippen LogP contribution in [-0.2, 0) is 10.0 Å². The van der Waals surface area contributed by atoms with Crippen LogP contribution in [0.2, 0.25) is 0 Å². The molecule has 1 unspecified atom stereocenters. The van der Waals surface area contributed by atoms with Gasteiger partial charge in [0.2, 0.25) is 10.0 Å². The molecule has 1 heterocycles. The van der Waals surface area contributed by atoms with Gasteiger partial charge in [0.15, 0.2) is 0 Å². The molecule has 0 radical (unpaired) electrons. The van der Waals surface area contributed by atoms with E-state index in [0.717, 1.165) is 4.31 Å². The molecule has 0 saturated carbocycles. The molecule has 1 atom stereocenters. The van der Waals surface area contributed by atoms with E-state index in [1.54, 1.807) is 0 Å². The monoisotopic (exact) mass is 386 g/mol. The molecule has 0 aromatic heterocycles. The number of halogens is 4. The van der Waals surface area contributed by atoms with E-state index in [-0.39, 0.29) is 30.0 Å². The van der Waals surface area contributed by atoms with Crippen LogP contribution in [0.15, 0.2) is 27.6 Å². The molecule has 0 bridgehead atoms. The number of rotatable bonds is 2. The fourth-order valence-corrected chi connectivity index (χ4v) is 4.32. The van der Waals surface area contributed by atoms with Crippen LogP contribution in [0.3, 0.4) is 0 Å². The molecule has 1 fully saturated rings. The molecule has 1 aliphatic heterocycles. The molecule has 118 valence electrons. The zero-order chi connectivity index (χ0) is 15.8. The minimum atomic E-state index is -4.39. The van der Waals surface area contributed by atoms with Crippen molar-refractivity contribution in [1.29, 1.82) is 0 Å². The third-order valence-electron chi connectivity index (χ3n) is 3.44. The van der Waals surface area contributed by atoms with Crippen LogP contribution >= 0.6 is 15.9 Å². The number of benzene rings is 1. The Balaban J connectivity index is 2.31. The van der Waals surface area contributed by atoms with Gasteiger partial charge in [-0.1, -0.05) is 15.9 Å². The summed E-state index contributed by atoms with van der Waals surface area (Å²) in [6, 6.07) is 4.21. The van der Waals surface area contributed by atoms with Gasteiger partial charge in [-0.2, -0.15) is 17.5 Å². The van der Waals surface area contributed by atoms with Gasteiger partial charge in [-0.3, -0.25) is 0 Å². The van der Waals surface area contributed by atoms with Gasteiger partial charge in [-0.15, -0.1) is 0 Å². The summed E-state index contributed by atoms with van der Waals surface area (Å²) in [5.41, 5.74) is 5.69. The standard InChI is InChI=1S/C12H14BrF3N2O2S/c13-9-3-4-11(10(17)6-9)21(19,20)18-5-1-2-8(7-18)12(14,15)16/h3-4,6,8H,1-2,5,7,17H2. The first-order valence-electron chi connectivity index (χ1n) is 6.24. The number of hydrogen-bond acceptors (Lipinski definition) is 3. The lowest BCUT2D eigenvalue weighted by Crippen LogP contribution is -2.44. The van der Waals surface area contributed by atoms with Gasteiger partial charge >= 0.3 is 6.18 Å². The minimum Gasteiger partial charge on any atom is -0.398 e. The summed E-state index contributed by atoms with van der Waals surface area (Å²) in [6.07, 6.45) is -4.26. The quantitative estimate of drug-likeness (QED) is 0.794. The molecule has 0 spiro atoms. The van der Waals surface area contributed by atoms with Crippen LogP contribution in [0.25, 0.3) is 0 Å². The van der Waals surface area contributed by atoms with Crippen molar-refractivity contribution >= 4 is 31.6 Å². The number of nitrogens with two attached hydrogens (primary N) is 1. The zero-order valence-electron chi connectivity index (χ0n) is 10.9. The number of alkyl halides is 3. The number of hydrogen-bond donors (Lipinski definition) is 1. The SMILES string of the molecule is Nc1cc(Br)ccc1S(=O)(=O)N1CCCC(C(F)(F)F)C1. The van der Waals surface area contributed by atoms with Crippen LogP contribution in [-0.4, -0.2) is 32.0 Å². The topological polar surface area (TPSA) is 63.4 Å². The van der Waals surface area contributed by atoms with E-state index in [0.29, 0.717) is 4.47 Å². The lowest BCUT2D eigenvalue weighted by molar-refractivity contribution is -0.182. The van der Waals surface area contributed by atoms with Crippen molar-refractivity contribution in [2.24, 2.45) is 5.92 Å². The summed E-state index contributed by atoms with van der Waals surface area (Å²) < 4.78 is 64.7. The summed E-state index contributed by atoms with van der Waals surface area (Å²) in [7, 11) is -4.02. The molecule has 1 aliphatic rings. The smallest absolute Gasteiger partial charge is 0.393 e. The normalized spacial score (nSPS) is 21.4. The van der Waals surface area contributed by atoms with Crippen molar-refractivity contribution in [3.63, 3.8) is 0 Å². The molecule has 2 N–H and O–H groups in total. The van der Waals surface area contributed by atoms with Gasteiger partial charge in [0.1, 0.15) is 4.90 Å². The van der Waals surface area contributed by atoms with Crippen LogP contribution < -0.4 is 5.73 Å². The molecule has 0 aliphatic carbocycles. The number of sulfonamides is 1. The highest BCUT2D eigenvalue weighted by Gasteiger charge is 2.44. The summed E-state index contributed by atoms with van der Waals surface area (Å²) >= 11 is 3.16. The lowest BCUT2D eigenvalue weighted by atomic mass is 9.99. The fraction of sp³-hybridized carbons (Fsp3) is 0.500. The van der Waals surface area contributed by atoms with Gasteiger partial charge in [0, 0.05) is 17.6 Å². The number of anilines is 1. The third kappa shape index (κ3) is 3.51. The Hall–Kier alpha value is -0.800. The molecule has 1 aromatic rings. The maximum absolute atomic E-state index is 12.8. The first-order chi connectivity index (χ1) is 9.62. The van der Waals surface area contributed by atoms with Crippen LogP contribution in [0.1, 0.15) is 12.8 Å². The van der Waals surface area contributed by atoms with Gasteiger partial charge in [0.05, 0.1) is 11.6 Å². The van der Waals surface area contributed by atoms with Gasteiger partial charge in [0.25, 0.3) is 0 Å². The molecule has 21 heavy (non-hydrogen) atoms. The third-order valence-corrected chi connectivity index (χ3v) is 5.87. The average molecular weight is 387 g/mol. The van der Waals surface area contributed by atoms with E-state index in [4.69, 9.17) is 5.73 Å². The van der Waals surface area contributed by atoms with E-state index in [1.807, 2.05) is 0 Å². The first-order valence-corrected chi connectivity index (χ1v) is 8.47. The molecule has 0 amide bonds. The first kappa shape index (κ1) is 16.6. The predicted molar refractivity (Wildman–Crippen MR) is 76.1 cm³/mol. The van der Waals surface area contributed by atoms with Gasteiger partial charge in [-0.25, -0.2) is 8.42 Å². The summed E-state index contributed by atoms with van der Waals surface area (Å²) in [4.78, 5) is -0.159. The van der Waals surface area contributed by atoms with Crippen molar-refractivity contribution in [2.45, 2.75) is 23.9 Å². The maximum Gasteiger partial charge on any atom is 0.393 e. The largest absolute Gasteiger partial charge is 0.398 e. The molecule has 4 nitrogen and oxygen atoms in total. The van der Waals surface area contributed by atoms with Gasteiger partial charge in [-0.05, 0) is 31.0 Å². The van der Waals surface area contributed by atoms with E-state index in [2.05, 4.69) is 15.9 Å². The van der Waals surface area contributed by atoms with Crippen LogP contribution in [0.4, 0.5) is 18.9 Å². The van der Waals surface area contributed by atoms with Crippen molar-refractivity contribution in [3.8, 4) is 0 Å². The Morgan fingerprint density at radius 1 is 1.33 bits per heavy atom.